The van der Waals surface area contributed by atoms with E-state index in [-0.39, 0.29) is 5.41 Å². The normalized spacial score (nSPS) is 27.5. The van der Waals surface area contributed by atoms with Crippen molar-refractivity contribution in [1.82, 2.24) is 4.90 Å². The lowest BCUT2D eigenvalue weighted by Gasteiger charge is -2.45. The van der Waals surface area contributed by atoms with Crippen LogP contribution in [0.15, 0.2) is 12.1 Å². The molecule has 0 saturated heterocycles. The lowest BCUT2D eigenvalue weighted by Crippen LogP contribution is -2.44. The Morgan fingerprint density at radius 1 is 1.15 bits per heavy atom. The Balaban J connectivity index is 1.89. The highest BCUT2D eigenvalue weighted by atomic mass is 15.2. The van der Waals surface area contributed by atoms with Gasteiger partial charge in [-0.25, -0.2) is 0 Å². The van der Waals surface area contributed by atoms with Gasteiger partial charge in [0.2, 0.25) is 0 Å². The fraction of sp³-hybridized carbons (Fsp3) is 0.684. The maximum atomic E-state index is 2.67. The SMILES string of the molecule is CN1Cc2cc(C(C)(C)C)cc3c2[C@@H](CCC3)C12CC2. The van der Waals surface area contributed by atoms with Crippen LogP contribution in [0.5, 0.6) is 0 Å². The minimum Gasteiger partial charge on any atom is -0.296 e. The van der Waals surface area contributed by atoms with Crippen molar-refractivity contribution in [2.45, 2.75) is 76.3 Å². The summed E-state index contributed by atoms with van der Waals surface area (Å²) >= 11 is 0. The van der Waals surface area contributed by atoms with Crippen LogP contribution in [0, 0.1) is 0 Å². The predicted molar refractivity (Wildman–Crippen MR) is 84.3 cm³/mol. The minimum absolute atomic E-state index is 0.270. The number of fused-ring (bicyclic) bond motifs is 1. The lowest BCUT2D eigenvalue weighted by molar-refractivity contribution is 0.149. The molecule has 0 N–H and O–H groups in total. The van der Waals surface area contributed by atoms with Crippen molar-refractivity contribution >= 4 is 0 Å². The molecule has 1 heteroatoms. The highest BCUT2D eigenvalue weighted by Gasteiger charge is 2.56. The largest absolute Gasteiger partial charge is 0.296 e. The molecule has 0 unspecified atom stereocenters. The first-order chi connectivity index (χ1) is 9.42. The van der Waals surface area contributed by atoms with Gasteiger partial charge in [-0.2, -0.15) is 0 Å². The van der Waals surface area contributed by atoms with E-state index in [1.165, 1.54) is 44.2 Å². The number of hydrogen-bond donors (Lipinski definition) is 0. The van der Waals surface area contributed by atoms with E-state index in [4.69, 9.17) is 0 Å². The number of rotatable bonds is 0. The third kappa shape index (κ3) is 1.65. The molecule has 1 aromatic rings. The van der Waals surface area contributed by atoms with Crippen LogP contribution in [0.3, 0.4) is 0 Å². The molecule has 2 aliphatic carbocycles. The second-order valence-corrected chi connectivity index (χ2v) is 8.36. The average molecular weight is 269 g/mol. The summed E-state index contributed by atoms with van der Waals surface area (Å²) in [6.45, 7) is 8.20. The van der Waals surface area contributed by atoms with Gasteiger partial charge in [0.05, 0.1) is 0 Å². The molecule has 1 heterocycles. The lowest BCUT2D eigenvalue weighted by atomic mass is 9.70. The van der Waals surface area contributed by atoms with Crippen LogP contribution < -0.4 is 0 Å². The van der Waals surface area contributed by atoms with E-state index >= 15 is 0 Å². The first-order valence-electron chi connectivity index (χ1n) is 8.29. The number of likely N-dealkylation sites (N-methyl/N-ethyl adjacent to an activating group) is 1. The van der Waals surface area contributed by atoms with Crippen molar-refractivity contribution in [3.8, 4) is 0 Å². The molecule has 0 aromatic heterocycles. The van der Waals surface area contributed by atoms with Gasteiger partial charge in [-0.1, -0.05) is 32.9 Å². The number of nitrogens with zero attached hydrogens (tertiary/aromatic N) is 1. The van der Waals surface area contributed by atoms with Crippen molar-refractivity contribution in [2.24, 2.45) is 0 Å². The van der Waals surface area contributed by atoms with E-state index in [1.807, 2.05) is 0 Å². The van der Waals surface area contributed by atoms with Crippen LogP contribution in [0.1, 0.15) is 74.6 Å². The van der Waals surface area contributed by atoms with Gasteiger partial charge in [-0.3, -0.25) is 4.90 Å². The van der Waals surface area contributed by atoms with E-state index in [1.54, 1.807) is 16.7 Å². The molecule has 1 fully saturated rings. The fourth-order valence-corrected chi connectivity index (χ4v) is 4.71. The van der Waals surface area contributed by atoms with Crippen molar-refractivity contribution < 1.29 is 0 Å². The number of aryl methyl sites for hydroxylation is 1. The molecule has 3 aliphatic rings. The van der Waals surface area contributed by atoms with E-state index in [0.717, 1.165) is 5.92 Å². The third-order valence-electron chi connectivity index (χ3n) is 6.08. The van der Waals surface area contributed by atoms with Gasteiger partial charge < -0.3 is 0 Å². The van der Waals surface area contributed by atoms with E-state index < -0.39 is 0 Å². The maximum Gasteiger partial charge on any atom is 0.0280 e. The van der Waals surface area contributed by atoms with Gasteiger partial charge in [0.1, 0.15) is 0 Å². The van der Waals surface area contributed by atoms with Gasteiger partial charge in [-0.05, 0) is 66.8 Å². The summed E-state index contributed by atoms with van der Waals surface area (Å²) in [7, 11) is 2.36. The maximum absolute atomic E-state index is 2.67. The Labute approximate surface area is 123 Å². The molecule has 0 bridgehead atoms. The van der Waals surface area contributed by atoms with Crippen molar-refractivity contribution in [3.05, 3.63) is 34.4 Å². The Bertz CT molecular complexity index is 560. The molecule has 1 saturated carbocycles. The predicted octanol–water partition coefficient (Wildman–Crippen LogP) is 4.38. The standard InChI is InChI=1S/C19H27N/c1-18(2,3)15-10-13-6-5-7-16-17(13)14(11-15)12-20(4)19(16)8-9-19/h10-11,16H,5-9,12H2,1-4H3/t16-/m1/s1. The fourth-order valence-electron chi connectivity index (χ4n) is 4.71. The van der Waals surface area contributed by atoms with E-state index in [0.29, 0.717) is 5.54 Å². The quantitative estimate of drug-likeness (QED) is 0.675. The molecule has 4 rings (SSSR count). The zero-order valence-electron chi connectivity index (χ0n) is 13.4. The van der Waals surface area contributed by atoms with Crippen LogP contribution >= 0.6 is 0 Å². The second-order valence-electron chi connectivity index (χ2n) is 8.36. The molecule has 0 radical (unpaired) electrons. The Morgan fingerprint density at radius 3 is 2.50 bits per heavy atom. The van der Waals surface area contributed by atoms with Gasteiger partial charge in [0.25, 0.3) is 0 Å². The molecule has 1 spiro atoms. The zero-order valence-corrected chi connectivity index (χ0v) is 13.4. The molecule has 1 aromatic carbocycles. The second kappa shape index (κ2) is 3.88. The van der Waals surface area contributed by atoms with Gasteiger partial charge in [-0.15, -0.1) is 0 Å². The molecule has 1 nitrogen and oxygen atoms in total. The average Bonchev–Trinajstić information content (AvgIpc) is 3.16. The summed E-state index contributed by atoms with van der Waals surface area (Å²) in [6.07, 6.45) is 6.96. The van der Waals surface area contributed by atoms with Crippen LogP contribution in [0.2, 0.25) is 0 Å². The zero-order chi connectivity index (χ0) is 14.1. The van der Waals surface area contributed by atoms with E-state index in [2.05, 4.69) is 44.9 Å². The summed E-state index contributed by atoms with van der Waals surface area (Å²) in [5.41, 5.74) is 7.43. The summed E-state index contributed by atoms with van der Waals surface area (Å²) < 4.78 is 0. The Kier molecular flexibility index (Phi) is 2.50. The topological polar surface area (TPSA) is 3.24 Å². The van der Waals surface area contributed by atoms with Gasteiger partial charge in [0, 0.05) is 18.0 Å². The van der Waals surface area contributed by atoms with Crippen LogP contribution in [-0.2, 0) is 18.4 Å². The third-order valence-corrected chi connectivity index (χ3v) is 6.08. The highest BCUT2D eigenvalue weighted by molar-refractivity contribution is 5.49. The molecule has 0 amide bonds. The van der Waals surface area contributed by atoms with E-state index in [9.17, 15) is 0 Å². The summed E-state index contributed by atoms with van der Waals surface area (Å²) in [5, 5.41) is 0. The summed E-state index contributed by atoms with van der Waals surface area (Å²) in [5.74, 6) is 0.828. The van der Waals surface area contributed by atoms with Crippen molar-refractivity contribution in [3.63, 3.8) is 0 Å². The first kappa shape index (κ1) is 12.9. The molecular weight excluding hydrogens is 242 g/mol. The molecule has 20 heavy (non-hydrogen) atoms. The smallest absolute Gasteiger partial charge is 0.0280 e. The van der Waals surface area contributed by atoms with Gasteiger partial charge >= 0.3 is 0 Å². The summed E-state index contributed by atoms with van der Waals surface area (Å²) in [6, 6.07) is 5.05. The van der Waals surface area contributed by atoms with Crippen LogP contribution in [-0.4, -0.2) is 17.5 Å². The Hall–Kier alpha value is -0.820. The van der Waals surface area contributed by atoms with Crippen LogP contribution in [0.4, 0.5) is 0 Å². The van der Waals surface area contributed by atoms with Crippen molar-refractivity contribution in [1.29, 1.82) is 0 Å². The first-order valence-corrected chi connectivity index (χ1v) is 8.29. The molecule has 1 aliphatic heterocycles. The highest BCUT2D eigenvalue weighted by Crippen LogP contribution is 2.59. The van der Waals surface area contributed by atoms with Crippen LogP contribution in [0.25, 0.3) is 0 Å². The van der Waals surface area contributed by atoms with Gasteiger partial charge in [0.15, 0.2) is 0 Å². The molecule has 1 atom stereocenters. The number of benzene rings is 1. The van der Waals surface area contributed by atoms with Crippen molar-refractivity contribution in [2.75, 3.05) is 7.05 Å². The molecule has 108 valence electrons. The molecular formula is C19H27N. The minimum atomic E-state index is 0.270. The Morgan fingerprint density at radius 2 is 1.85 bits per heavy atom. The number of hydrogen-bond acceptors (Lipinski definition) is 1. The monoisotopic (exact) mass is 269 g/mol. The summed E-state index contributed by atoms with van der Waals surface area (Å²) in [4.78, 5) is 2.67.